The number of benzene rings is 1. The van der Waals surface area contributed by atoms with Gasteiger partial charge in [-0.15, -0.1) is 0 Å². The van der Waals surface area contributed by atoms with Gasteiger partial charge in [0.2, 0.25) is 5.91 Å². The van der Waals surface area contributed by atoms with Gasteiger partial charge in [0.1, 0.15) is 0 Å². The molecule has 0 aliphatic carbocycles. The van der Waals surface area contributed by atoms with Crippen LogP contribution >= 0.6 is 0 Å². The van der Waals surface area contributed by atoms with Gasteiger partial charge in [-0.3, -0.25) is 9.78 Å². The van der Waals surface area contributed by atoms with Gasteiger partial charge in [-0.05, 0) is 12.1 Å². The van der Waals surface area contributed by atoms with E-state index >= 15 is 0 Å². The third-order valence-electron chi connectivity index (χ3n) is 3.16. The molecule has 1 aromatic carbocycles. The highest BCUT2D eigenvalue weighted by atomic mass is 16.2. The van der Waals surface area contributed by atoms with E-state index in [-0.39, 0.29) is 5.91 Å². The number of aromatic nitrogens is 1. The molecule has 5 heteroatoms. The Labute approximate surface area is 105 Å². The Balaban J connectivity index is 2.11. The molecule has 1 fully saturated rings. The van der Waals surface area contributed by atoms with Gasteiger partial charge in [0.15, 0.2) is 0 Å². The molecule has 0 radical (unpaired) electrons. The first kappa shape index (κ1) is 10.8. The number of para-hydroxylation sites is 1. The van der Waals surface area contributed by atoms with Crippen LogP contribution in [0.1, 0.15) is 0 Å². The summed E-state index contributed by atoms with van der Waals surface area (Å²) in [5.41, 5.74) is 8.39. The van der Waals surface area contributed by atoms with E-state index in [1.165, 1.54) is 0 Å². The van der Waals surface area contributed by atoms with Crippen molar-refractivity contribution in [2.45, 2.75) is 0 Å². The Morgan fingerprint density at radius 3 is 3.06 bits per heavy atom. The molecule has 0 unspecified atom stereocenters. The first-order valence-electron chi connectivity index (χ1n) is 5.90. The van der Waals surface area contributed by atoms with Crippen molar-refractivity contribution < 1.29 is 4.79 Å². The topological polar surface area (TPSA) is 71.2 Å². The maximum Gasteiger partial charge on any atom is 0.239 e. The summed E-state index contributed by atoms with van der Waals surface area (Å²) in [6, 6.07) is 7.66. The zero-order valence-corrected chi connectivity index (χ0v) is 9.89. The second kappa shape index (κ2) is 4.18. The van der Waals surface area contributed by atoms with Crippen molar-refractivity contribution >= 4 is 28.2 Å². The molecule has 2 heterocycles. The van der Waals surface area contributed by atoms with E-state index < -0.39 is 0 Å². The molecule has 92 valence electrons. The quantitative estimate of drug-likeness (QED) is 0.724. The Bertz CT molecular complexity index is 611. The van der Waals surface area contributed by atoms with E-state index in [0.29, 0.717) is 18.8 Å². The number of nitrogens with zero attached hydrogens (tertiary/aromatic N) is 2. The molecule has 1 aliphatic rings. The Kier molecular flexibility index (Phi) is 2.51. The van der Waals surface area contributed by atoms with E-state index in [1.54, 1.807) is 6.20 Å². The summed E-state index contributed by atoms with van der Waals surface area (Å²) >= 11 is 0. The fraction of sp³-hybridized carbons (Fsp3) is 0.231. The number of hydrogen-bond donors (Lipinski definition) is 2. The number of carbonyl (C=O) groups is 1. The number of nitrogens with two attached hydrogens (primary N) is 1. The maximum atomic E-state index is 11.5. The lowest BCUT2D eigenvalue weighted by Gasteiger charge is -2.29. The molecule has 1 saturated heterocycles. The van der Waals surface area contributed by atoms with Gasteiger partial charge in [-0.25, -0.2) is 0 Å². The molecule has 0 saturated carbocycles. The van der Waals surface area contributed by atoms with Gasteiger partial charge in [0.25, 0.3) is 0 Å². The summed E-state index contributed by atoms with van der Waals surface area (Å²) in [4.78, 5) is 17.8. The molecule has 1 aliphatic heterocycles. The fourth-order valence-corrected chi connectivity index (χ4v) is 2.30. The monoisotopic (exact) mass is 242 g/mol. The predicted molar refractivity (Wildman–Crippen MR) is 71.4 cm³/mol. The number of nitrogens with one attached hydrogen (secondary N) is 1. The van der Waals surface area contributed by atoms with Gasteiger partial charge in [0, 0.05) is 30.4 Å². The number of hydrogen-bond acceptors (Lipinski definition) is 4. The number of piperazine rings is 1. The summed E-state index contributed by atoms with van der Waals surface area (Å²) in [5, 5.41) is 3.81. The SMILES string of the molecule is Nc1cccc2c(N3CCNC(=O)C3)ccnc12. The van der Waals surface area contributed by atoms with Crippen LogP contribution in [0.25, 0.3) is 10.9 Å². The van der Waals surface area contributed by atoms with Gasteiger partial charge in [-0.1, -0.05) is 12.1 Å². The minimum atomic E-state index is 0.0510. The van der Waals surface area contributed by atoms with Crippen LogP contribution in [0.4, 0.5) is 11.4 Å². The standard InChI is InChI=1S/C13H14N4O/c14-10-3-1-2-9-11(4-5-16-13(9)10)17-7-6-15-12(18)8-17/h1-5H,6-8,14H2,(H,15,18). The summed E-state index contributed by atoms with van der Waals surface area (Å²) in [5.74, 6) is 0.0510. The lowest BCUT2D eigenvalue weighted by atomic mass is 10.1. The lowest BCUT2D eigenvalue weighted by Crippen LogP contribution is -2.47. The molecule has 18 heavy (non-hydrogen) atoms. The van der Waals surface area contributed by atoms with Crippen molar-refractivity contribution in [3.63, 3.8) is 0 Å². The molecule has 3 N–H and O–H groups in total. The van der Waals surface area contributed by atoms with Gasteiger partial charge in [-0.2, -0.15) is 0 Å². The number of rotatable bonds is 1. The molecule has 0 spiro atoms. The van der Waals surface area contributed by atoms with Crippen molar-refractivity contribution in [2.24, 2.45) is 0 Å². The third-order valence-corrected chi connectivity index (χ3v) is 3.16. The largest absolute Gasteiger partial charge is 0.397 e. The zero-order valence-electron chi connectivity index (χ0n) is 9.89. The Hall–Kier alpha value is -2.30. The summed E-state index contributed by atoms with van der Waals surface area (Å²) in [7, 11) is 0. The van der Waals surface area contributed by atoms with Crippen molar-refractivity contribution in [2.75, 3.05) is 30.3 Å². The van der Waals surface area contributed by atoms with Gasteiger partial charge >= 0.3 is 0 Å². The highest BCUT2D eigenvalue weighted by molar-refractivity contribution is 5.99. The van der Waals surface area contributed by atoms with Crippen LogP contribution in [0, 0.1) is 0 Å². The highest BCUT2D eigenvalue weighted by Gasteiger charge is 2.18. The zero-order chi connectivity index (χ0) is 12.5. The van der Waals surface area contributed by atoms with Crippen molar-refractivity contribution in [3.05, 3.63) is 30.5 Å². The minimum absolute atomic E-state index is 0.0510. The number of anilines is 2. The van der Waals surface area contributed by atoms with Crippen molar-refractivity contribution in [1.29, 1.82) is 0 Å². The normalized spacial score (nSPS) is 15.8. The van der Waals surface area contributed by atoms with E-state index in [0.717, 1.165) is 23.1 Å². The first-order chi connectivity index (χ1) is 8.75. The summed E-state index contributed by atoms with van der Waals surface area (Å²) in [6.07, 6.45) is 1.74. The maximum absolute atomic E-state index is 11.5. The molecular formula is C13H14N4O. The molecular weight excluding hydrogens is 228 g/mol. The minimum Gasteiger partial charge on any atom is -0.397 e. The molecule has 1 amide bonds. The van der Waals surface area contributed by atoms with Crippen LogP contribution in [0.15, 0.2) is 30.5 Å². The summed E-state index contributed by atoms with van der Waals surface area (Å²) in [6.45, 7) is 1.86. The first-order valence-corrected chi connectivity index (χ1v) is 5.90. The van der Waals surface area contributed by atoms with Gasteiger partial charge in [0.05, 0.1) is 17.7 Å². The molecule has 5 nitrogen and oxygen atoms in total. The average molecular weight is 242 g/mol. The highest BCUT2D eigenvalue weighted by Crippen LogP contribution is 2.28. The number of carbonyl (C=O) groups excluding carboxylic acids is 1. The molecule has 0 bridgehead atoms. The molecule has 0 atom stereocenters. The van der Waals surface area contributed by atoms with Crippen LogP contribution in [-0.2, 0) is 4.79 Å². The van der Waals surface area contributed by atoms with Crippen LogP contribution in [0.5, 0.6) is 0 Å². The third kappa shape index (κ3) is 1.73. The second-order valence-electron chi connectivity index (χ2n) is 4.34. The Morgan fingerprint density at radius 2 is 2.22 bits per heavy atom. The van der Waals surface area contributed by atoms with Crippen LogP contribution in [0.3, 0.4) is 0 Å². The number of pyridine rings is 1. The number of fused-ring (bicyclic) bond motifs is 1. The molecule has 3 rings (SSSR count). The van der Waals surface area contributed by atoms with Crippen molar-refractivity contribution in [1.82, 2.24) is 10.3 Å². The average Bonchev–Trinajstić information content (AvgIpc) is 2.39. The van der Waals surface area contributed by atoms with E-state index in [4.69, 9.17) is 5.73 Å². The molecule has 1 aromatic heterocycles. The smallest absolute Gasteiger partial charge is 0.239 e. The fourth-order valence-electron chi connectivity index (χ4n) is 2.30. The summed E-state index contributed by atoms with van der Waals surface area (Å²) < 4.78 is 0. The number of nitrogen functional groups attached to an aromatic ring is 1. The second-order valence-corrected chi connectivity index (χ2v) is 4.34. The number of amides is 1. The predicted octanol–water partition coefficient (Wildman–Crippen LogP) is 0.753. The Morgan fingerprint density at radius 1 is 1.33 bits per heavy atom. The molecule has 2 aromatic rings. The van der Waals surface area contributed by atoms with E-state index in [9.17, 15) is 4.79 Å². The van der Waals surface area contributed by atoms with E-state index in [1.807, 2.05) is 24.3 Å². The van der Waals surface area contributed by atoms with Crippen LogP contribution < -0.4 is 16.0 Å². The van der Waals surface area contributed by atoms with Crippen LogP contribution in [-0.4, -0.2) is 30.5 Å². The lowest BCUT2D eigenvalue weighted by molar-refractivity contribution is -0.120. The van der Waals surface area contributed by atoms with Gasteiger partial charge < -0.3 is 16.0 Å². The van der Waals surface area contributed by atoms with Crippen LogP contribution in [0.2, 0.25) is 0 Å². The van der Waals surface area contributed by atoms with E-state index in [2.05, 4.69) is 15.2 Å². The van der Waals surface area contributed by atoms with Crippen molar-refractivity contribution in [3.8, 4) is 0 Å².